The topological polar surface area (TPSA) is 109 Å². The van der Waals surface area contributed by atoms with Crippen molar-refractivity contribution >= 4 is 19.0 Å². The summed E-state index contributed by atoms with van der Waals surface area (Å²) in [6.45, 7) is 0. The standard InChI is InChI=1S/C13H17BN2O5/c17-12(7-9-3-5-15-6-4-9)16-11-2-1-10(8-13(18)19)21-14(11)20/h3-6,10-11,20H,1-2,7-8H2,(H,16,17)(H,18,19)/t10-,11-/m0/s1. The Bertz CT molecular complexity index is 499. The Kier molecular flexibility index (Phi) is 5.29. The minimum absolute atomic E-state index is 0.144. The van der Waals surface area contributed by atoms with Gasteiger partial charge < -0.3 is 20.1 Å². The lowest BCUT2D eigenvalue weighted by Crippen LogP contribution is -2.53. The smallest absolute Gasteiger partial charge is 0.478 e. The van der Waals surface area contributed by atoms with Crippen molar-refractivity contribution in [1.82, 2.24) is 10.3 Å². The van der Waals surface area contributed by atoms with E-state index in [0.29, 0.717) is 12.8 Å². The molecule has 1 saturated heterocycles. The van der Waals surface area contributed by atoms with Crippen molar-refractivity contribution in [3.05, 3.63) is 30.1 Å². The molecular weight excluding hydrogens is 275 g/mol. The molecule has 0 aromatic carbocycles. The molecule has 0 aliphatic carbocycles. The van der Waals surface area contributed by atoms with E-state index >= 15 is 0 Å². The van der Waals surface area contributed by atoms with Crippen LogP contribution >= 0.6 is 0 Å². The maximum Gasteiger partial charge on any atom is 0.478 e. The molecule has 2 atom stereocenters. The van der Waals surface area contributed by atoms with Crippen molar-refractivity contribution in [2.45, 2.75) is 37.7 Å². The summed E-state index contributed by atoms with van der Waals surface area (Å²) >= 11 is 0. The van der Waals surface area contributed by atoms with Crippen LogP contribution < -0.4 is 5.32 Å². The van der Waals surface area contributed by atoms with Gasteiger partial charge in [0, 0.05) is 12.4 Å². The molecule has 0 radical (unpaired) electrons. The van der Waals surface area contributed by atoms with Crippen LogP contribution in [0.25, 0.3) is 0 Å². The van der Waals surface area contributed by atoms with E-state index in [1.807, 2.05) is 0 Å². The molecule has 7 nitrogen and oxygen atoms in total. The first-order chi connectivity index (χ1) is 10.0. The fourth-order valence-corrected chi connectivity index (χ4v) is 2.30. The molecule has 1 aromatic heterocycles. The highest BCUT2D eigenvalue weighted by Gasteiger charge is 2.36. The van der Waals surface area contributed by atoms with Crippen LogP contribution in [0.15, 0.2) is 24.5 Å². The first-order valence-electron chi connectivity index (χ1n) is 6.78. The highest BCUT2D eigenvalue weighted by Crippen LogP contribution is 2.18. The van der Waals surface area contributed by atoms with Crippen LogP contribution in [-0.4, -0.2) is 46.2 Å². The summed E-state index contributed by atoms with van der Waals surface area (Å²) in [6.07, 6.45) is 3.74. The molecule has 1 amide bonds. The summed E-state index contributed by atoms with van der Waals surface area (Å²) in [4.78, 5) is 26.4. The van der Waals surface area contributed by atoms with E-state index in [1.165, 1.54) is 0 Å². The summed E-state index contributed by atoms with van der Waals surface area (Å²) in [5.74, 6) is -1.69. The molecule has 2 heterocycles. The monoisotopic (exact) mass is 292 g/mol. The van der Waals surface area contributed by atoms with Crippen molar-refractivity contribution in [2.24, 2.45) is 0 Å². The molecule has 0 spiro atoms. The predicted molar refractivity (Wildman–Crippen MR) is 74.2 cm³/mol. The van der Waals surface area contributed by atoms with Gasteiger partial charge in [-0.05, 0) is 30.5 Å². The molecule has 1 fully saturated rings. The number of hydrogen-bond donors (Lipinski definition) is 3. The summed E-state index contributed by atoms with van der Waals surface area (Å²) in [6, 6.07) is 3.49. The van der Waals surface area contributed by atoms with Crippen LogP contribution in [0.1, 0.15) is 24.8 Å². The number of rotatable bonds is 5. The van der Waals surface area contributed by atoms with Crippen LogP contribution in [0.2, 0.25) is 0 Å². The van der Waals surface area contributed by atoms with Gasteiger partial charge in [-0.15, -0.1) is 0 Å². The van der Waals surface area contributed by atoms with Crippen LogP contribution in [-0.2, 0) is 20.7 Å². The fraction of sp³-hybridized carbons (Fsp3) is 0.462. The molecule has 3 N–H and O–H groups in total. The minimum atomic E-state index is -1.18. The molecule has 8 heteroatoms. The van der Waals surface area contributed by atoms with Gasteiger partial charge in [0.1, 0.15) is 0 Å². The fourth-order valence-electron chi connectivity index (χ4n) is 2.30. The minimum Gasteiger partial charge on any atom is -0.481 e. The molecule has 2 rings (SSSR count). The molecule has 0 bridgehead atoms. The summed E-state index contributed by atoms with van der Waals surface area (Å²) in [5, 5.41) is 21.2. The number of carboxylic acids is 1. The Balaban J connectivity index is 1.81. The van der Waals surface area contributed by atoms with E-state index < -0.39 is 25.1 Å². The summed E-state index contributed by atoms with van der Waals surface area (Å²) in [7, 11) is -1.18. The van der Waals surface area contributed by atoms with Crippen molar-refractivity contribution in [1.29, 1.82) is 0 Å². The van der Waals surface area contributed by atoms with Crippen molar-refractivity contribution in [3.8, 4) is 0 Å². The Labute approximate surface area is 122 Å². The van der Waals surface area contributed by atoms with Gasteiger partial charge in [-0.1, -0.05) is 0 Å². The van der Waals surface area contributed by atoms with Gasteiger partial charge in [0.05, 0.1) is 24.9 Å². The molecule has 0 saturated carbocycles. The van der Waals surface area contributed by atoms with Gasteiger partial charge in [-0.3, -0.25) is 14.6 Å². The maximum atomic E-state index is 11.9. The lowest BCUT2D eigenvalue weighted by molar-refractivity contribution is -0.139. The van der Waals surface area contributed by atoms with E-state index in [0.717, 1.165) is 5.56 Å². The first-order valence-corrected chi connectivity index (χ1v) is 6.78. The quantitative estimate of drug-likeness (QED) is 0.647. The first kappa shape index (κ1) is 15.5. The number of nitrogens with one attached hydrogen (secondary N) is 1. The molecule has 1 aliphatic heterocycles. The molecule has 0 unspecified atom stereocenters. The molecule has 21 heavy (non-hydrogen) atoms. The Morgan fingerprint density at radius 1 is 1.38 bits per heavy atom. The molecule has 1 aliphatic rings. The van der Waals surface area contributed by atoms with Crippen molar-refractivity contribution in [2.75, 3.05) is 0 Å². The van der Waals surface area contributed by atoms with E-state index in [9.17, 15) is 14.6 Å². The Hall–Kier alpha value is -1.93. The van der Waals surface area contributed by atoms with Crippen LogP contribution in [0.5, 0.6) is 0 Å². The normalized spacial score (nSPS) is 21.9. The number of nitrogens with zero attached hydrogens (tertiary/aromatic N) is 1. The zero-order valence-corrected chi connectivity index (χ0v) is 11.4. The van der Waals surface area contributed by atoms with Crippen LogP contribution in [0.3, 0.4) is 0 Å². The van der Waals surface area contributed by atoms with E-state index in [2.05, 4.69) is 10.3 Å². The van der Waals surface area contributed by atoms with Gasteiger partial charge in [0.25, 0.3) is 0 Å². The number of aromatic nitrogens is 1. The average Bonchev–Trinajstić information content (AvgIpc) is 2.42. The van der Waals surface area contributed by atoms with Gasteiger partial charge in [-0.2, -0.15) is 0 Å². The maximum absolute atomic E-state index is 11.9. The number of hydrogen-bond acceptors (Lipinski definition) is 5. The zero-order chi connectivity index (χ0) is 15.2. The number of carboxylic acid groups (broad SMARTS) is 1. The van der Waals surface area contributed by atoms with Crippen molar-refractivity contribution in [3.63, 3.8) is 0 Å². The third kappa shape index (κ3) is 4.84. The second-order valence-corrected chi connectivity index (χ2v) is 5.03. The summed E-state index contributed by atoms with van der Waals surface area (Å²) in [5.41, 5.74) is 0.831. The lowest BCUT2D eigenvalue weighted by atomic mass is 9.72. The molecule has 1 aromatic rings. The predicted octanol–water partition coefficient (Wildman–Crippen LogP) is -0.218. The van der Waals surface area contributed by atoms with Gasteiger partial charge in [0.15, 0.2) is 0 Å². The Morgan fingerprint density at radius 2 is 2.10 bits per heavy atom. The molecule has 112 valence electrons. The number of carbonyl (C=O) groups is 2. The van der Waals surface area contributed by atoms with Crippen LogP contribution in [0.4, 0.5) is 0 Å². The van der Waals surface area contributed by atoms with Gasteiger partial charge in [-0.25, -0.2) is 0 Å². The van der Waals surface area contributed by atoms with E-state index in [-0.39, 0.29) is 18.7 Å². The van der Waals surface area contributed by atoms with Gasteiger partial charge >= 0.3 is 13.1 Å². The average molecular weight is 292 g/mol. The SMILES string of the molecule is O=C(O)C[C@@H]1CC[C@H](NC(=O)Cc2ccncc2)B(O)O1. The molecular formula is C13H17BN2O5. The van der Waals surface area contributed by atoms with E-state index in [1.54, 1.807) is 24.5 Å². The Morgan fingerprint density at radius 3 is 2.71 bits per heavy atom. The van der Waals surface area contributed by atoms with Crippen LogP contribution in [0, 0.1) is 0 Å². The highest BCUT2D eigenvalue weighted by molar-refractivity contribution is 6.45. The number of aliphatic carboxylic acids is 1. The summed E-state index contributed by atoms with van der Waals surface area (Å²) < 4.78 is 5.21. The van der Waals surface area contributed by atoms with E-state index in [4.69, 9.17) is 9.76 Å². The largest absolute Gasteiger partial charge is 0.481 e. The lowest BCUT2D eigenvalue weighted by Gasteiger charge is -2.30. The second kappa shape index (κ2) is 7.19. The number of pyridine rings is 1. The highest BCUT2D eigenvalue weighted by atomic mass is 16.5. The number of carbonyl (C=O) groups excluding carboxylic acids is 1. The second-order valence-electron chi connectivity index (χ2n) is 5.03. The third-order valence-electron chi connectivity index (χ3n) is 3.34. The van der Waals surface area contributed by atoms with Crippen molar-refractivity contribution < 1.29 is 24.4 Å². The zero-order valence-electron chi connectivity index (χ0n) is 11.4. The third-order valence-corrected chi connectivity index (χ3v) is 3.34. The number of amides is 1. The van der Waals surface area contributed by atoms with Gasteiger partial charge in [0.2, 0.25) is 5.91 Å².